The number of nitrogens with two attached hydrogens (primary N) is 1. The van der Waals surface area contributed by atoms with Crippen LogP contribution in [0.3, 0.4) is 0 Å². The van der Waals surface area contributed by atoms with E-state index in [9.17, 15) is 4.79 Å². The topological polar surface area (TPSA) is 64.2 Å². The van der Waals surface area contributed by atoms with Crippen molar-refractivity contribution in [3.8, 4) is 0 Å². The lowest BCUT2D eigenvalue weighted by Gasteiger charge is -2.16. The van der Waals surface area contributed by atoms with Crippen molar-refractivity contribution in [2.45, 2.75) is 32.9 Å². The van der Waals surface area contributed by atoms with E-state index in [0.29, 0.717) is 19.5 Å². The van der Waals surface area contributed by atoms with E-state index < -0.39 is 0 Å². The van der Waals surface area contributed by atoms with Crippen LogP contribution in [0.25, 0.3) is 0 Å². The van der Waals surface area contributed by atoms with E-state index in [4.69, 9.17) is 5.73 Å². The highest BCUT2D eigenvalue weighted by Crippen LogP contribution is 2.18. The smallest absolute Gasteiger partial charge is 0.224 e. The van der Waals surface area contributed by atoms with Crippen LogP contribution in [-0.2, 0) is 18.4 Å². The molecule has 5 heteroatoms. The zero-order valence-corrected chi connectivity index (χ0v) is 10.0. The summed E-state index contributed by atoms with van der Waals surface area (Å²) < 4.78 is 1.85. The average Bonchev–Trinajstić information content (AvgIpc) is 2.62. The van der Waals surface area contributed by atoms with Gasteiger partial charge >= 0.3 is 0 Å². The molecule has 88 valence electrons. The summed E-state index contributed by atoms with van der Waals surface area (Å²) >= 11 is 0. The van der Waals surface area contributed by atoms with E-state index >= 15 is 0 Å². The Balaban J connectivity index is 2.18. The molecular weight excluding hydrogens is 204 g/mol. The van der Waals surface area contributed by atoms with Gasteiger partial charge in [-0.15, -0.1) is 0 Å². The number of carbonyl (C=O) groups is 1. The van der Waals surface area contributed by atoms with E-state index in [2.05, 4.69) is 5.10 Å². The Bertz CT molecular complexity index is 424. The van der Waals surface area contributed by atoms with Crippen LogP contribution in [0.15, 0.2) is 0 Å². The number of aromatic nitrogens is 2. The number of hydrogen-bond donors (Lipinski definition) is 1. The molecule has 2 heterocycles. The van der Waals surface area contributed by atoms with Crippen molar-refractivity contribution < 1.29 is 4.79 Å². The molecule has 16 heavy (non-hydrogen) atoms. The molecule has 1 saturated heterocycles. The Morgan fingerprint density at radius 1 is 1.50 bits per heavy atom. The highest BCUT2D eigenvalue weighted by molar-refractivity contribution is 5.79. The summed E-state index contributed by atoms with van der Waals surface area (Å²) in [6, 6.07) is -0.00946. The molecule has 0 bridgehead atoms. The molecule has 2 N–H and O–H groups in total. The lowest BCUT2D eigenvalue weighted by atomic mass is 10.2. The second-order valence-electron chi connectivity index (χ2n) is 4.51. The lowest BCUT2D eigenvalue weighted by Crippen LogP contribution is -2.28. The summed E-state index contributed by atoms with van der Waals surface area (Å²) in [6.07, 6.45) is 0.471. The first kappa shape index (κ1) is 11.1. The van der Waals surface area contributed by atoms with Gasteiger partial charge in [-0.2, -0.15) is 5.10 Å². The summed E-state index contributed by atoms with van der Waals surface area (Å²) in [5.74, 6) is 0.148. The number of carbonyl (C=O) groups excluding carboxylic acids is 1. The Morgan fingerprint density at radius 3 is 2.62 bits per heavy atom. The van der Waals surface area contributed by atoms with Gasteiger partial charge in [0.1, 0.15) is 0 Å². The van der Waals surface area contributed by atoms with Crippen LogP contribution < -0.4 is 5.73 Å². The molecule has 0 aliphatic carbocycles. The number of amides is 1. The molecule has 5 nitrogen and oxygen atoms in total. The van der Waals surface area contributed by atoms with Crippen molar-refractivity contribution in [1.29, 1.82) is 0 Å². The van der Waals surface area contributed by atoms with E-state index in [1.165, 1.54) is 0 Å². The van der Waals surface area contributed by atoms with Gasteiger partial charge in [-0.1, -0.05) is 0 Å². The fourth-order valence-corrected chi connectivity index (χ4v) is 2.19. The standard InChI is InChI=1S/C11H18N4O/c1-7-10(8(2)14(3)13-7)6-15-5-9(12)4-11(15)16/h9H,4-6,12H2,1-3H3. The van der Waals surface area contributed by atoms with Gasteiger partial charge in [-0.25, -0.2) is 0 Å². The maximum atomic E-state index is 11.6. The Kier molecular flexibility index (Phi) is 2.71. The zero-order chi connectivity index (χ0) is 11.9. The fraction of sp³-hybridized carbons (Fsp3) is 0.636. The molecule has 0 radical (unpaired) electrons. The monoisotopic (exact) mass is 222 g/mol. The number of rotatable bonds is 2. The van der Waals surface area contributed by atoms with Crippen molar-refractivity contribution in [2.24, 2.45) is 12.8 Å². The minimum atomic E-state index is -0.00946. The average molecular weight is 222 g/mol. The van der Waals surface area contributed by atoms with Crippen molar-refractivity contribution in [3.05, 3.63) is 17.0 Å². The summed E-state index contributed by atoms with van der Waals surface area (Å²) in [4.78, 5) is 13.5. The van der Waals surface area contributed by atoms with Crippen molar-refractivity contribution in [2.75, 3.05) is 6.54 Å². The van der Waals surface area contributed by atoms with Crippen LogP contribution in [0.1, 0.15) is 23.4 Å². The lowest BCUT2D eigenvalue weighted by molar-refractivity contribution is -0.128. The minimum absolute atomic E-state index is 0.00946. The van der Waals surface area contributed by atoms with Gasteiger partial charge in [0.25, 0.3) is 0 Å². The molecule has 1 fully saturated rings. The highest BCUT2D eigenvalue weighted by atomic mass is 16.2. The summed E-state index contributed by atoms with van der Waals surface area (Å²) in [5.41, 5.74) is 9.02. The van der Waals surface area contributed by atoms with E-state index in [-0.39, 0.29) is 11.9 Å². The normalized spacial score (nSPS) is 20.9. The molecule has 0 saturated carbocycles. The van der Waals surface area contributed by atoms with Crippen LogP contribution in [0.2, 0.25) is 0 Å². The summed E-state index contributed by atoms with van der Waals surface area (Å²) in [5, 5.41) is 4.34. The third-order valence-corrected chi connectivity index (χ3v) is 3.25. The number of hydrogen-bond acceptors (Lipinski definition) is 3. The van der Waals surface area contributed by atoms with Gasteiger partial charge in [0.05, 0.1) is 5.69 Å². The van der Waals surface area contributed by atoms with Gasteiger partial charge in [0, 0.05) is 43.9 Å². The predicted molar refractivity (Wildman–Crippen MR) is 60.7 cm³/mol. The van der Waals surface area contributed by atoms with Crippen molar-refractivity contribution >= 4 is 5.91 Å². The molecule has 0 aromatic carbocycles. The minimum Gasteiger partial charge on any atom is -0.337 e. The van der Waals surface area contributed by atoms with E-state index in [1.54, 1.807) is 0 Å². The van der Waals surface area contributed by atoms with Gasteiger partial charge in [-0.3, -0.25) is 9.48 Å². The maximum Gasteiger partial charge on any atom is 0.224 e. The molecular formula is C11H18N4O. The van der Waals surface area contributed by atoms with Crippen LogP contribution in [-0.4, -0.2) is 33.2 Å². The Labute approximate surface area is 95.2 Å². The van der Waals surface area contributed by atoms with Crippen molar-refractivity contribution in [1.82, 2.24) is 14.7 Å². The molecule has 1 aliphatic rings. The first-order valence-electron chi connectivity index (χ1n) is 5.51. The van der Waals surface area contributed by atoms with Gasteiger partial charge in [0.15, 0.2) is 0 Å². The van der Waals surface area contributed by atoms with Gasteiger partial charge < -0.3 is 10.6 Å². The molecule has 1 atom stereocenters. The molecule has 1 amide bonds. The highest BCUT2D eigenvalue weighted by Gasteiger charge is 2.28. The van der Waals surface area contributed by atoms with Gasteiger partial charge in [0.2, 0.25) is 5.91 Å². The van der Waals surface area contributed by atoms with Crippen LogP contribution in [0, 0.1) is 13.8 Å². The molecule has 0 spiro atoms. The second-order valence-corrected chi connectivity index (χ2v) is 4.51. The van der Waals surface area contributed by atoms with Crippen LogP contribution in [0.4, 0.5) is 0 Å². The Morgan fingerprint density at radius 2 is 2.19 bits per heavy atom. The number of aryl methyl sites for hydroxylation is 2. The SMILES string of the molecule is Cc1nn(C)c(C)c1CN1CC(N)CC1=O. The third kappa shape index (κ3) is 1.82. The summed E-state index contributed by atoms with van der Waals surface area (Å²) in [7, 11) is 1.92. The third-order valence-electron chi connectivity index (χ3n) is 3.25. The van der Waals surface area contributed by atoms with Crippen LogP contribution in [0.5, 0.6) is 0 Å². The van der Waals surface area contributed by atoms with E-state index in [1.807, 2.05) is 30.5 Å². The zero-order valence-electron chi connectivity index (χ0n) is 10.0. The fourth-order valence-electron chi connectivity index (χ4n) is 2.19. The largest absolute Gasteiger partial charge is 0.337 e. The molecule has 1 aromatic heterocycles. The Hall–Kier alpha value is -1.36. The number of likely N-dealkylation sites (tertiary alicyclic amines) is 1. The molecule has 1 aromatic rings. The van der Waals surface area contributed by atoms with Crippen LogP contribution >= 0.6 is 0 Å². The first-order valence-corrected chi connectivity index (χ1v) is 5.51. The number of nitrogens with zero attached hydrogens (tertiary/aromatic N) is 3. The maximum absolute atomic E-state index is 11.6. The van der Waals surface area contributed by atoms with Gasteiger partial charge in [-0.05, 0) is 13.8 Å². The first-order chi connectivity index (χ1) is 7.49. The summed E-state index contributed by atoms with van der Waals surface area (Å²) in [6.45, 7) is 5.29. The quantitative estimate of drug-likeness (QED) is 0.771. The van der Waals surface area contributed by atoms with E-state index in [0.717, 1.165) is 17.0 Å². The molecule has 1 aliphatic heterocycles. The predicted octanol–water partition coefficient (Wildman–Crippen LogP) is 0.0965. The molecule has 1 unspecified atom stereocenters. The molecule has 2 rings (SSSR count). The second kappa shape index (κ2) is 3.90. The van der Waals surface area contributed by atoms with Crippen molar-refractivity contribution in [3.63, 3.8) is 0 Å².